The quantitative estimate of drug-likeness (QED) is 0.884. The number of thiazole rings is 1. The summed E-state index contributed by atoms with van der Waals surface area (Å²) in [6, 6.07) is 7.58. The zero-order valence-electron chi connectivity index (χ0n) is 12.3. The molecular weight excluding hydrogens is 288 g/mol. The minimum absolute atomic E-state index is 0.321. The van der Waals surface area contributed by atoms with E-state index in [-0.39, 0.29) is 0 Å². The van der Waals surface area contributed by atoms with Crippen LogP contribution in [-0.4, -0.2) is 30.2 Å². The summed E-state index contributed by atoms with van der Waals surface area (Å²) in [5.74, 6) is -0.163. The molecule has 0 atom stereocenters. The molecule has 2 aromatic rings. The maximum absolute atomic E-state index is 11.3. The van der Waals surface area contributed by atoms with Gasteiger partial charge in [0.05, 0.1) is 12.8 Å². The van der Waals surface area contributed by atoms with Crippen molar-refractivity contribution in [2.24, 2.45) is 0 Å². The van der Waals surface area contributed by atoms with Crippen molar-refractivity contribution in [1.29, 1.82) is 0 Å². The van der Waals surface area contributed by atoms with Crippen LogP contribution in [0.3, 0.4) is 0 Å². The summed E-state index contributed by atoms with van der Waals surface area (Å²) in [4.78, 5) is 18.0. The molecule has 0 aliphatic rings. The molecule has 0 spiro atoms. The Hall–Kier alpha value is -2.08. The highest BCUT2D eigenvalue weighted by Gasteiger charge is 2.19. The molecule has 1 N–H and O–H groups in total. The van der Waals surface area contributed by atoms with Crippen LogP contribution in [0.4, 0.5) is 10.8 Å². The molecule has 2 rings (SSSR count). The summed E-state index contributed by atoms with van der Waals surface area (Å²) in [6.45, 7) is 2.01. The molecule has 112 valence electrons. The van der Waals surface area contributed by atoms with Gasteiger partial charge in [0.1, 0.15) is 10.6 Å². The Morgan fingerprint density at radius 2 is 2.24 bits per heavy atom. The van der Waals surface area contributed by atoms with Gasteiger partial charge in [0.25, 0.3) is 0 Å². The molecule has 1 aromatic heterocycles. The minimum atomic E-state index is -0.916. The lowest BCUT2D eigenvalue weighted by Gasteiger charge is -2.16. The van der Waals surface area contributed by atoms with Crippen LogP contribution in [0.25, 0.3) is 0 Å². The zero-order chi connectivity index (χ0) is 15.4. The van der Waals surface area contributed by atoms with Crippen molar-refractivity contribution in [1.82, 2.24) is 4.98 Å². The Bertz CT molecular complexity index is 640. The van der Waals surface area contributed by atoms with Crippen LogP contribution >= 0.6 is 11.3 Å². The lowest BCUT2D eigenvalue weighted by Crippen LogP contribution is -2.09. The van der Waals surface area contributed by atoms with Gasteiger partial charge in [-0.15, -0.1) is 0 Å². The van der Waals surface area contributed by atoms with Crippen molar-refractivity contribution in [3.05, 3.63) is 34.8 Å². The van der Waals surface area contributed by atoms with Crippen LogP contribution in [0, 0.1) is 0 Å². The van der Waals surface area contributed by atoms with Crippen LogP contribution < -0.4 is 9.64 Å². The molecule has 0 aliphatic carbocycles. The maximum Gasteiger partial charge on any atom is 0.347 e. The highest BCUT2D eigenvalue weighted by atomic mass is 32.1. The topological polar surface area (TPSA) is 62.7 Å². The van der Waals surface area contributed by atoms with Crippen molar-refractivity contribution in [2.75, 3.05) is 19.1 Å². The number of aryl methyl sites for hydroxylation is 1. The van der Waals surface area contributed by atoms with Crippen molar-refractivity contribution >= 4 is 28.1 Å². The fraction of sp³-hybridized carbons (Fsp3) is 0.333. The summed E-state index contributed by atoms with van der Waals surface area (Å²) >= 11 is 1.20. The van der Waals surface area contributed by atoms with Crippen LogP contribution in [0.1, 0.15) is 28.7 Å². The number of carboxylic acids is 1. The van der Waals surface area contributed by atoms with Crippen LogP contribution in [-0.2, 0) is 6.42 Å². The summed E-state index contributed by atoms with van der Waals surface area (Å²) in [5.41, 5.74) is 1.56. The first-order chi connectivity index (χ1) is 10.1. The van der Waals surface area contributed by atoms with E-state index in [0.717, 1.165) is 17.9 Å². The van der Waals surface area contributed by atoms with Crippen LogP contribution in [0.2, 0.25) is 0 Å². The number of benzene rings is 1. The van der Waals surface area contributed by atoms with Crippen LogP contribution in [0.5, 0.6) is 5.75 Å². The standard InChI is InChI=1S/C15H18N2O3S/c1-4-6-12-13(14(18)19)21-15(16-12)17(2)10-7-5-8-11(9-10)20-3/h5,7-9H,4,6H2,1-3H3,(H,18,19). The largest absolute Gasteiger partial charge is 0.497 e. The summed E-state index contributed by atoms with van der Waals surface area (Å²) in [7, 11) is 3.49. The first-order valence-electron chi connectivity index (χ1n) is 6.67. The third-order valence-corrected chi connectivity index (χ3v) is 4.26. The second kappa shape index (κ2) is 6.58. The number of methoxy groups -OCH3 is 1. The van der Waals surface area contributed by atoms with E-state index in [4.69, 9.17) is 4.74 Å². The fourth-order valence-electron chi connectivity index (χ4n) is 1.99. The summed E-state index contributed by atoms with van der Waals surface area (Å²) in [5, 5.41) is 9.94. The second-order valence-corrected chi connectivity index (χ2v) is 5.57. The molecular formula is C15H18N2O3S. The molecule has 0 saturated carbocycles. The predicted molar refractivity (Wildman–Crippen MR) is 84.1 cm³/mol. The molecule has 0 fully saturated rings. The molecule has 5 nitrogen and oxygen atoms in total. The van der Waals surface area contributed by atoms with Gasteiger partial charge in [0.2, 0.25) is 0 Å². The molecule has 6 heteroatoms. The van der Waals surface area contributed by atoms with E-state index in [9.17, 15) is 9.90 Å². The first kappa shape index (κ1) is 15.3. The molecule has 0 amide bonds. The number of rotatable bonds is 6. The molecule has 0 aliphatic heterocycles. The Kier molecular flexibility index (Phi) is 4.80. The predicted octanol–water partition coefficient (Wildman–Crippen LogP) is 3.57. The average molecular weight is 306 g/mol. The molecule has 0 saturated heterocycles. The smallest absolute Gasteiger partial charge is 0.347 e. The van der Waals surface area contributed by atoms with Gasteiger partial charge in [0.15, 0.2) is 5.13 Å². The first-order valence-corrected chi connectivity index (χ1v) is 7.49. The van der Waals surface area contributed by atoms with Gasteiger partial charge in [-0.25, -0.2) is 9.78 Å². The van der Waals surface area contributed by atoms with E-state index in [1.807, 2.05) is 43.1 Å². The monoisotopic (exact) mass is 306 g/mol. The van der Waals surface area contributed by atoms with Gasteiger partial charge >= 0.3 is 5.97 Å². The summed E-state index contributed by atoms with van der Waals surface area (Å²) in [6.07, 6.45) is 1.54. The number of anilines is 2. The number of aromatic carboxylic acids is 1. The number of carboxylic acid groups (broad SMARTS) is 1. The van der Waals surface area contributed by atoms with Gasteiger partial charge in [-0.1, -0.05) is 30.7 Å². The number of hydrogen-bond donors (Lipinski definition) is 1. The average Bonchev–Trinajstić information content (AvgIpc) is 2.91. The zero-order valence-corrected chi connectivity index (χ0v) is 13.1. The van der Waals surface area contributed by atoms with E-state index in [0.29, 0.717) is 22.1 Å². The molecule has 21 heavy (non-hydrogen) atoms. The second-order valence-electron chi connectivity index (χ2n) is 4.59. The molecule has 0 unspecified atom stereocenters. The lowest BCUT2D eigenvalue weighted by molar-refractivity contribution is 0.0700. The molecule has 1 aromatic carbocycles. The Morgan fingerprint density at radius 3 is 2.86 bits per heavy atom. The Labute approximate surface area is 127 Å². The van der Waals surface area contributed by atoms with E-state index in [1.165, 1.54) is 11.3 Å². The molecule has 0 bridgehead atoms. The number of hydrogen-bond acceptors (Lipinski definition) is 5. The van der Waals surface area contributed by atoms with Crippen molar-refractivity contribution < 1.29 is 14.6 Å². The normalized spacial score (nSPS) is 10.4. The maximum atomic E-state index is 11.3. The van der Waals surface area contributed by atoms with E-state index >= 15 is 0 Å². The van der Waals surface area contributed by atoms with E-state index in [1.54, 1.807) is 7.11 Å². The van der Waals surface area contributed by atoms with Gasteiger partial charge in [-0.05, 0) is 18.6 Å². The Balaban J connectivity index is 2.36. The molecule has 0 radical (unpaired) electrons. The van der Waals surface area contributed by atoms with Gasteiger partial charge in [-0.2, -0.15) is 0 Å². The van der Waals surface area contributed by atoms with Crippen LogP contribution in [0.15, 0.2) is 24.3 Å². The third-order valence-electron chi connectivity index (χ3n) is 3.09. The Morgan fingerprint density at radius 1 is 1.48 bits per heavy atom. The van der Waals surface area contributed by atoms with Crippen molar-refractivity contribution in [2.45, 2.75) is 19.8 Å². The number of aromatic nitrogens is 1. The van der Waals surface area contributed by atoms with E-state index in [2.05, 4.69) is 4.98 Å². The third kappa shape index (κ3) is 3.33. The van der Waals surface area contributed by atoms with Crippen molar-refractivity contribution in [3.63, 3.8) is 0 Å². The number of ether oxygens (including phenoxy) is 1. The van der Waals surface area contributed by atoms with Gasteiger partial charge < -0.3 is 14.7 Å². The fourth-order valence-corrected chi connectivity index (χ4v) is 2.92. The summed E-state index contributed by atoms with van der Waals surface area (Å²) < 4.78 is 5.21. The SMILES string of the molecule is CCCc1nc(N(C)c2cccc(OC)c2)sc1C(=O)O. The van der Waals surface area contributed by atoms with E-state index < -0.39 is 5.97 Å². The number of carbonyl (C=O) groups is 1. The van der Waals surface area contributed by atoms with Crippen molar-refractivity contribution in [3.8, 4) is 5.75 Å². The highest BCUT2D eigenvalue weighted by Crippen LogP contribution is 2.32. The lowest BCUT2D eigenvalue weighted by atomic mass is 10.2. The molecule has 1 heterocycles. The minimum Gasteiger partial charge on any atom is -0.497 e. The highest BCUT2D eigenvalue weighted by molar-refractivity contribution is 7.17. The van der Waals surface area contributed by atoms with Gasteiger partial charge in [0, 0.05) is 18.8 Å². The number of nitrogens with zero attached hydrogens (tertiary/aromatic N) is 2. The van der Waals surface area contributed by atoms with Gasteiger partial charge in [-0.3, -0.25) is 0 Å².